The van der Waals surface area contributed by atoms with Crippen LogP contribution in [0.1, 0.15) is 29.1 Å². The number of carbonyl (C=O) groups excluding carboxylic acids is 1. The first-order valence-electron chi connectivity index (χ1n) is 9.11. The zero-order valence-electron chi connectivity index (χ0n) is 14.7. The molecule has 3 aromatic rings. The van der Waals surface area contributed by atoms with E-state index >= 15 is 0 Å². The number of nitrogens with zero attached hydrogens (tertiary/aromatic N) is 2. The van der Waals surface area contributed by atoms with E-state index < -0.39 is 0 Å². The van der Waals surface area contributed by atoms with Crippen LogP contribution in [0.4, 0.5) is 0 Å². The summed E-state index contributed by atoms with van der Waals surface area (Å²) in [6, 6.07) is 19.6. The Bertz CT molecular complexity index is 850. The molecule has 0 amide bonds. The second-order valence-electron chi connectivity index (χ2n) is 6.76. The number of ketones is 1. The Morgan fingerprint density at radius 1 is 1.00 bits per heavy atom. The molecule has 4 rings (SSSR count). The van der Waals surface area contributed by atoms with E-state index in [1.807, 2.05) is 60.7 Å². The van der Waals surface area contributed by atoms with Crippen molar-refractivity contribution in [2.75, 3.05) is 13.1 Å². The Balaban J connectivity index is 1.33. The van der Waals surface area contributed by atoms with Gasteiger partial charge in [-0.25, -0.2) is 4.98 Å². The summed E-state index contributed by atoms with van der Waals surface area (Å²) < 4.78 is 5.90. The molecule has 0 aliphatic carbocycles. The van der Waals surface area contributed by atoms with Gasteiger partial charge < -0.3 is 4.42 Å². The quantitative estimate of drug-likeness (QED) is 0.641. The van der Waals surface area contributed by atoms with Crippen LogP contribution in [0.15, 0.2) is 71.3 Å². The number of aromatic nitrogens is 1. The molecule has 1 aliphatic rings. The van der Waals surface area contributed by atoms with Crippen LogP contribution < -0.4 is 0 Å². The standard InChI is InChI=1S/C22H22N2O2/c25-22(18-9-5-2-6-10-18)19-11-13-24(14-12-19)16-21-23-15-20(26-21)17-7-3-1-4-8-17/h1-10,15,19H,11-14,16H2. The second-order valence-corrected chi connectivity index (χ2v) is 6.76. The van der Waals surface area contributed by atoms with Gasteiger partial charge in [0.2, 0.25) is 5.89 Å². The van der Waals surface area contributed by atoms with Crippen LogP contribution in [-0.4, -0.2) is 28.8 Å². The first kappa shape index (κ1) is 16.7. The summed E-state index contributed by atoms with van der Waals surface area (Å²) in [6.07, 6.45) is 3.57. The average Bonchev–Trinajstić information content (AvgIpc) is 3.18. The van der Waals surface area contributed by atoms with Gasteiger partial charge in [0.05, 0.1) is 12.7 Å². The predicted molar refractivity (Wildman–Crippen MR) is 101 cm³/mol. The third kappa shape index (κ3) is 3.75. The second kappa shape index (κ2) is 7.67. The summed E-state index contributed by atoms with van der Waals surface area (Å²) in [5, 5.41) is 0. The van der Waals surface area contributed by atoms with E-state index in [0.717, 1.165) is 48.7 Å². The zero-order chi connectivity index (χ0) is 17.8. The van der Waals surface area contributed by atoms with Crippen molar-refractivity contribution in [2.45, 2.75) is 19.4 Å². The van der Waals surface area contributed by atoms with E-state index in [-0.39, 0.29) is 11.7 Å². The van der Waals surface area contributed by atoms with Crippen molar-refractivity contribution in [1.29, 1.82) is 0 Å². The maximum Gasteiger partial charge on any atom is 0.209 e. The topological polar surface area (TPSA) is 46.3 Å². The maximum atomic E-state index is 12.6. The smallest absolute Gasteiger partial charge is 0.209 e. The predicted octanol–water partition coefficient (Wildman–Crippen LogP) is 4.44. The number of hydrogen-bond donors (Lipinski definition) is 0. The number of benzene rings is 2. The summed E-state index contributed by atoms with van der Waals surface area (Å²) >= 11 is 0. The van der Waals surface area contributed by atoms with E-state index in [0.29, 0.717) is 6.54 Å². The molecule has 26 heavy (non-hydrogen) atoms. The van der Waals surface area contributed by atoms with Gasteiger partial charge in [-0.1, -0.05) is 60.7 Å². The fraction of sp³-hybridized carbons (Fsp3) is 0.273. The summed E-state index contributed by atoms with van der Waals surface area (Å²) in [7, 11) is 0. The van der Waals surface area contributed by atoms with Crippen LogP contribution in [0.2, 0.25) is 0 Å². The highest BCUT2D eigenvalue weighted by molar-refractivity contribution is 5.97. The largest absolute Gasteiger partial charge is 0.439 e. The van der Waals surface area contributed by atoms with E-state index in [4.69, 9.17) is 4.42 Å². The highest BCUT2D eigenvalue weighted by atomic mass is 16.4. The summed E-state index contributed by atoms with van der Waals surface area (Å²) in [5.41, 5.74) is 1.87. The van der Waals surface area contributed by atoms with Crippen molar-refractivity contribution in [3.63, 3.8) is 0 Å². The average molecular weight is 346 g/mol. The lowest BCUT2D eigenvalue weighted by molar-refractivity contribution is 0.0828. The number of Topliss-reactive ketones (excluding diaryl/α,β-unsaturated/α-hetero) is 1. The van der Waals surface area contributed by atoms with Crippen LogP contribution in [-0.2, 0) is 6.54 Å². The van der Waals surface area contributed by atoms with Gasteiger partial charge in [-0.3, -0.25) is 9.69 Å². The Morgan fingerprint density at radius 2 is 1.65 bits per heavy atom. The number of piperidine rings is 1. The van der Waals surface area contributed by atoms with Gasteiger partial charge >= 0.3 is 0 Å². The normalized spacial score (nSPS) is 15.8. The van der Waals surface area contributed by atoms with Gasteiger partial charge in [0.15, 0.2) is 11.5 Å². The monoisotopic (exact) mass is 346 g/mol. The molecule has 0 unspecified atom stereocenters. The minimum Gasteiger partial charge on any atom is -0.439 e. The summed E-state index contributed by atoms with van der Waals surface area (Å²) in [6.45, 7) is 2.48. The van der Waals surface area contributed by atoms with Crippen molar-refractivity contribution in [3.05, 3.63) is 78.3 Å². The molecule has 2 aromatic carbocycles. The zero-order valence-corrected chi connectivity index (χ0v) is 14.7. The Labute approximate surface area is 153 Å². The molecular formula is C22H22N2O2. The molecular weight excluding hydrogens is 324 g/mol. The van der Waals surface area contributed by atoms with Crippen molar-refractivity contribution in [1.82, 2.24) is 9.88 Å². The van der Waals surface area contributed by atoms with Crippen molar-refractivity contribution in [2.24, 2.45) is 5.92 Å². The first-order valence-corrected chi connectivity index (χ1v) is 9.11. The highest BCUT2D eigenvalue weighted by Crippen LogP contribution is 2.24. The molecule has 0 spiro atoms. The highest BCUT2D eigenvalue weighted by Gasteiger charge is 2.26. The Hall–Kier alpha value is -2.72. The van der Waals surface area contributed by atoms with Crippen LogP contribution in [0.3, 0.4) is 0 Å². The van der Waals surface area contributed by atoms with Crippen LogP contribution in [0.5, 0.6) is 0 Å². The van der Waals surface area contributed by atoms with E-state index in [2.05, 4.69) is 9.88 Å². The molecule has 1 saturated heterocycles. The van der Waals surface area contributed by atoms with Crippen LogP contribution in [0.25, 0.3) is 11.3 Å². The summed E-state index contributed by atoms with van der Waals surface area (Å²) in [4.78, 5) is 19.3. The Kier molecular flexibility index (Phi) is 4.93. The van der Waals surface area contributed by atoms with Crippen LogP contribution >= 0.6 is 0 Å². The molecule has 0 N–H and O–H groups in total. The summed E-state index contributed by atoms with van der Waals surface area (Å²) in [5.74, 6) is 1.93. The minimum atomic E-state index is 0.123. The number of rotatable bonds is 5. The lowest BCUT2D eigenvalue weighted by atomic mass is 9.89. The third-order valence-electron chi connectivity index (χ3n) is 4.99. The Morgan fingerprint density at radius 3 is 2.35 bits per heavy atom. The number of hydrogen-bond acceptors (Lipinski definition) is 4. The molecule has 0 radical (unpaired) electrons. The van der Waals surface area contributed by atoms with Crippen molar-refractivity contribution in [3.8, 4) is 11.3 Å². The molecule has 1 aromatic heterocycles. The first-order chi connectivity index (χ1) is 12.8. The molecule has 0 bridgehead atoms. The van der Waals surface area contributed by atoms with Gasteiger partial charge in [0.25, 0.3) is 0 Å². The number of likely N-dealkylation sites (tertiary alicyclic amines) is 1. The van der Waals surface area contributed by atoms with Gasteiger partial charge in [-0.2, -0.15) is 0 Å². The molecule has 4 heteroatoms. The van der Waals surface area contributed by atoms with E-state index in [9.17, 15) is 4.79 Å². The molecule has 1 aliphatic heterocycles. The third-order valence-corrected chi connectivity index (χ3v) is 4.99. The molecule has 132 valence electrons. The van der Waals surface area contributed by atoms with Gasteiger partial charge in [0.1, 0.15) is 0 Å². The molecule has 2 heterocycles. The maximum absolute atomic E-state index is 12.6. The SMILES string of the molecule is O=C(c1ccccc1)C1CCN(Cc2ncc(-c3ccccc3)o2)CC1. The minimum absolute atomic E-state index is 0.123. The molecule has 4 nitrogen and oxygen atoms in total. The lowest BCUT2D eigenvalue weighted by Gasteiger charge is -2.30. The number of carbonyl (C=O) groups is 1. The lowest BCUT2D eigenvalue weighted by Crippen LogP contribution is -2.36. The van der Waals surface area contributed by atoms with Crippen molar-refractivity contribution >= 4 is 5.78 Å². The van der Waals surface area contributed by atoms with Gasteiger partial charge in [0, 0.05) is 17.0 Å². The molecule has 1 fully saturated rings. The van der Waals surface area contributed by atoms with Crippen LogP contribution in [0, 0.1) is 5.92 Å². The molecule has 0 atom stereocenters. The van der Waals surface area contributed by atoms with E-state index in [1.54, 1.807) is 6.20 Å². The van der Waals surface area contributed by atoms with Gasteiger partial charge in [-0.15, -0.1) is 0 Å². The van der Waals surface area contributed by atoms with Gasteiger partial charge in [-0.05, 0) is 25.9 Å². The van der Waals surface area contributed by atoms with Crippen molar-refractivity contribution < 1.29 is 9.21 Å². The number of oxazole rings is 1. The fourth-order valence-electron chi connectivity index (χ4n) is 3.50. The molecule has 0 saturated carbocycles. The fourth-order valence-corrected chi connectivity index (χ4v) is 3.50. The van der Waals surface area contributed by atoms with E-state index in [1.165, 1.54) is 0 Å².